The molecule has 0 aliphatic rings. The molecule has 0 radical (unpaired) electrons. The molecule has 0 atom stereocenters. The number of anilines is 1. The van der Waals surface area contributed by atoms with Gasteiger partial charge >= 0.3 is 0 Å². The van der Waals surface area contributed by atoms with Crippen LogP contribution in [0.5, 0.6) is 0 Å². The minimum Gasteiger partial charge on any atom is -0.470 e. The fourth-order valence-corrected chi connectivity index (χ4v) is 1.92. The van der Waals surface area contributed by atoms with Gasteiger partial charge in [0.15, 0.2) is 0 Å². The summed E-state index contributed by atoms with van der Waals surface area (Å²) in [5.41, 5.74) is 2.10. The number of nitrogens with one attached hydrogen (secondary N) is 1. The van der Waals surface area contributed by atoms with Crippen LogP contribution in [-0.2, 0) is 11.2 Å². The second-order valence-electron chi connectivity index (χ2n) is 4.00. The van der Waals surface area contributed by atoms with E-state index >= 15 is 0 Å². The number of halogens is 1. The number of ether oxygens (including phenoxy) is 1. The maximum atomic E-state index is 5.81. The van der Waals surface area contributed by atoms with E-state index in [4.69, 9.17) is 28.6 Å². The molecule has 4 heteroatoms. The Morgan fingerprint density at radius 3 is 2.42 bits per heavy atom. The molecule has 0 aliphatic heterocycles. The van der Waals surface area contributed by atoms with Crippen LogP contribution in [0.1, 0.15) is 5.56 Å². The quantitative estimate of drug-likeness (QED) is 0.849. The Hall–Kier alpha value is -1.58. The highest BCUT2D eigenvalue weighted by atomic mass is 35.5. The number of benzene rings is 2. The zero-order chi connectivity index (χ0) is 13.5. The molecule has 0 heterocycles. The molecule has 2 rings (SSSR count). The van der Waals surface area contributed by atoms with E-state index in [0.29, 0.717) is 16.8 Å². The summed E-state index contributed by atoms with van der Waals surface area (Å²) < 4.78 is 5.47. The number of thiocarbonyl (C=S) groups is 1. The van der Waals surface area contributed by atoms with Crippen molar-refractivity contribution < 1.29 is 4.74 Å². The topological polar surface area (TPSA) is 21.3 Å². The lowest BCUT2D eigenvalue weighted by molar-refractivity contribution is 0.316. The van der Waals surface area contributed by atoms with Crippen LogP contribution >= 0.6 is 23.8 Å². The summed E-state index contributed by atoms with van der Waals surface area (Å²) in [7, 11) is 0. The van der Waals surface area contributed by atoms with E-state index in [-0.39, 0.29) is 0 Å². The summed E-state index contributed by atoms with van der Waals surface area (Å²) >= 11 is 10.9. The highest BCUT2D eigenvalue weighted by molar-refractivity contribution is 7.80. The van der Waals surface area contributed by atoms with E-state index in [0.717, 1.165) is 12.1 Å². The van der Waals surface area contributed by atoms with Crippen LogP contribution in [0.2, 0.25) is 5.02 Å². The molecular weight excluding hydrogens is 278 g/mol. The third-order valence-corrected chi connectivity index (χ3v) is 3.03. The van der Waals surface area contributed by atoms with E-state index in [2.05, 4.69) is 17.4 Å². The number of hydrogen-bond donors (Lipinski definition) is 1. The first-order valence-electron chi connectivity index (χ1n) is 5.97. The van der Waals surface area contributed by atoms with E-state index in [1.165, 1.54) is 5.56 Å². The Morgan fingerprint density at radius 2 is 1.74 bits per heavy atom. The Bertz CT molecular complexity index is 528. The summed E-state index contributed by atoms with van der Waals surface area (Å²) in [5, 5.41) is 4.08. The van der Waals surface area contributed by atoms with Crippen molar-refractivity contribution in [3.63, 3.8) is 0 Å². The Kier molecular flexibility index (Phi) is 5.19. The largest absolute Gasteiger partial charge is 0.470 e. The van der Waals surface area contributed by atoms with Crippen molar-refractivity contribution in [2.45, 2.75) is 6.42 Å². The molecule has 0 saturated heterocycles. The van der Waals surface area contributed by atoms with Gasteiger partial charge in [0.1, 0.15) is 0 Å². The number of rotatable bonds is 4. The smallest absolute Gasteiger partial charge is 0.261 e. The average Bonchev–Trinajstić information content (AvgIpc) is 2.43. The van der Waals surface area contributed by atoms with Gasteiger partial charge in [-0.1, -0.05) is 41.9 Å². The highest BCUT2D eigenvalue weighted by Crippen LogP contribution is 2.13. The maximum Gasteiger partial charge on any atom is 0.261 e. The molecule has 2 aromatic carbocycles. The van der Waals surface area contributed by atoms with Crippen molar-refractivity contribution in [1.82, 2.24) is 0 Å². The molecule has 98 valence electrons. The molecule has 0 fully saturated rings. The first-order chi connectivity index (χ1) is 9.24. The lowest BCUT2D eigenvalue weighted by atomic mass is 10.2. The van der Waals surface area contributed by atoms with Crippen molar-refractivity contribution in [2.24, 2.45) is 0 Å². The summed E-state index contributed by atoms with van der Waals surface area (Å²) in [6.07, 6.45) is 0.837. The zero-order valence-electron chi connectivity index (χ0n) is 10.3. The van der Waals surface area contributed by atoms with Crippen LogP contribution < -0.4 is 5.32 Å². The van der Waals surface area contributed by atoms with E-state index in [1.54, 1.807) is 12.1 Å². The lowest BCUT2D eigenvalue weighted by Crippen LogP contribution is -2.14. The molecule has 2 nitrogen and oxygen atoms in total. The van der Waals surface area contributed by atoms with Gasteiger partial charge in [-0.3, -0.25) is 0 Å². The normalized spacial score (nSPS) is 9.95. The van der Waals surface area contributed by atoms with Crippen molar-refractivity contribution in [2.75, 3.05) is 11.9 Å². The molecule has 1 N–H and O–H groups in total. The number of hydrogen-bond acceptors (Lipinski definition) is 2. The van der Waals surface area contributed by atoms with Gasteiger partial charge in [0, 0.05) is 17.1 Å². The fourth-order valence-electron chi connectivity index (χ4n) is 1.59. The molecular formula is C15H14ClNOS. The third kappa shape index (κ3) is 4.89. The molecule has 0 aromatic heterocycles. The van der Waals surface area contributed by atoms with E-state index in [9.17, 15) is 0 Å². The van der Waals surface area contributed by atoms with Crippen LogP contribution in [0.25, 0.3) is 0 Å². The van der Waals surface area contributed by atoms with Crippen LogP contribution in [-0.4, -0.2) is 11.8 Å². The van der Waals surface area contributed by atoms with Gasteiger partial charge in [-0.25, -0.2) is 0 Å². The molecule has 0 unspecified atom stereocenters. The third-order valence-electron chi connectivity index (χ3n) is 2.56. The van der Waals surface area contributed by atoms with Crippen LogP contribution in [0, 0.1) is 0 Å². The summed E-state index contributed by atoms with van der Waals surface area (Å²) in [4.78, 5) is 0. The van der Waals surface area contributed by atoms with E-state index in [1.807, 2.05) is 30.3 Å². The second kappa shape index (κ2) is 7.12. The minimum absolute atomic E-state index is 0.373. The molecule has 2 aromatic rings. The molecule has 0 aliphatic carbocycles. The maximum absolute atomic E-state index is 5.81. The van der Waals surface area contributed by atoms with Gasteiger partial charge in [0.05, 0.1) is 6.61 Å². The standard InChI is InChI=1S/C15H14ClNOS/c16-13-6-8-14(9-7-13)17-15(19)18-11-10-12-4-2-1-3-5-12/h1-9H,10-11H2,(H,17,19). The SMILES string of the molecule is S=C(Nc1ccc(Cl)cc1)OCCc1ccccc1. The molecule has 0 bridgehead atoms. The first-order valence-corrected chi connectivity index (χ1v) is 6.76. The molecule has 0 spiro atoms. The van der Waals surface area contributed by atoms with Gasteiger partial charge in [-0.05, 0) is 42.0 Å². The van der Waals surface area contributed by atoms with Crippen molar-refractivity contribution in [1.29, 1.82) is 0 Å². The predicted octanol–water partition coefficient (Wildman–Crippen LogP) is 4.30. The average molecular weight is 292 g/mol. The van der Waals surface area contributed by atoms with Gasteiger partial charge in [-0.15, -0.1) is 0 Å². The fraction of sp³-hybridized carbons (Fsp3) is 0.133. The Labute approximate surface area is 123 Å². The Morgan fingerprint density at radius 1 is 1.05 bits per heavy atom. The summed E-state index contributed by atoms with van der Waals surface area (Å²) in [6, 6.07) is 17.5. The summed E-state index contributed by atoms with van der Waals surface area (Å²) in [5.74, 6) is 0. The zero-order valence-corrected chi connectivity index (χ0v) is 11.9. The van der Waals surface area contributed by atoms with Crippen molar-refractivity contribution >= 4 is 34.7 Å². The monoisotopic (exact) mass is 291 g/mol. The second-order valence-corrected chi connectivity index (χ2v) is 4.81. The predicted molar refractivity (Wildman–Crippen MR) is 83.8 cm³/mol. The Balaban J connectivity index is 1.74. The molecule has 0 amide bonds. The van der Waals surface area contributed by atoms with Gasteiger partial charge in [-0.2, -0.15) is 0 Å². The molecule has 19 heavy (non-hydrogen) atoms. The van der Waals surface area contributed by atoms with Crippen LogP contribution in [0.15, 0.2) is 54.6 Å². The van der Waals surface area contributed by atoms with Crippen LogP contribution in [0.3, 0.4) is 0 Å². The van der Waals surface area contributed by atoms with E-state index < -0.39 is 0 Å². The highest BCUT2D eigenvalue weighted by Gasteiger charge is 1.99. The van der Waals surface area contributed by atoms with Gasteiger partial charge < -0.3 is 10.1 Å². The van der Waals surface area contributed by atoms with Crippen LogP contribution in [0.4, 0.5) is 5.69 Å². The first kappa shape index (κ1) is 13.8. The van der Waals surface area contributed by atoms with Crippen molar-refractivity contribution in [3.05, 3.63) is 65.2 Å². The van der Waals surface area contributed by atoms with Crippen molar-refractivity contribution in [3.8, 4) is 0 Å². The minimum atomic E-state index is 0.373. The molecule has 0 saturated carbocycles. The lowest BCUT2D eigenvalue weighted by Gasteiger charge is -2.09. The summed E-state index contributed by atoms with van der Waals surface area (Å²) in [6.45, 7) is 0.559. The van der Waals surface area contributed by atoms with Gasteiger partial charge in [0.2, 0.25) is 0 Å². The van der Waals surface area contributed by atoms with Gasteiger partial charge in [0.25, 0.3) is 5.17 Å².